The normalized spacial score (nSPS) is 14.9. The van der Waals surface area contributed by atoms with Gasteiger partial charge in [-0.05, 0) is 17.2 Å². The van der Waals surface area contributed by atoms with Crippen molar-refractivity contribution in [3.05, 3.63) is 35.7 Å². The lowest BCUT2D eigenvalue weighted by atomic mass is 10.1. The van der Waals surface area contributed by atoms with E-state index in [1.54, 1.807) is 12.3 Å². The molecule has 4 heteroatoms. The number of carbonyl (C=O) groups is 1. The highest BCUT2D eigenvalue weighted by molar-refractivity contribution is 5.87. The number of rotatable bonds is 2. The molecule has 0 saturated heterocycles. The largest absolute Gasteiger partial charge is 0.464 e. The topological polar surface area (TPSA) is 48.4 Å². The van der Waals surface area contributed by atoms with Crippen molar-refractivity contribution in [3.8, 4) is 0 Å². The number of esters is 1. The van der Waals surface area contributed by atoms with Crippen LogP contribution in [0.2, 0.25) is 0 Å². The molecule has 0 aliphatic carbocycles. The predicted molar refractivity (Wildman–Crippen MR) is 54.4 cm³/mol. The summed E-state index contributed by atoms with van der Waals surface area (Å²) < 4.78 is 9.76. The maximum atomic E-state index is 11.1. The number of hydrogen-bond acceptors (Lipinski definition) is 4. The van der Waals surface area contributed by atoms with Gasteiger partial charge in [0.05, 0.1) is 20.3 Å². The van der Waals surface area contributed by atoms with Gasteiger partial charge in [-0.25, -0.2) is 9.78 Å². The van der Waals surface area contributed by atoms with E-state index in [-0.39, 0.29) is 0 Å². The molecule has 0 amide bonds. The monoisotopic (exact) mass is 205 g/mol. The van der Waals surface area contributed by atoms with Crippen LogP contribution in [0.15, 0.2) is 24.4 Å². The van der Waals surface area contributed by atoms with Crippen LogP contribution in [-0.4, -0.2) is 31.3 Å². The third-order valence-corrected chi connectivity index (χ3v) is 2.23. The summed E-state index contributed by atoms with van der Waals surface area (Å²) in [6.45, 7) is 1.26. The van der Waals surface area contributed by atoms with E-state index in [1.165, 1.54) is 7.11 Å². The molecule has 15 heavy (non-hydrogen) atoms. The molecule has 0 bridgehead atoms. The first-order chi connectivity index (χ1) is 7.31. The van der Waals surface area contributed by atoms with Gasteiger partial charge >= 0.3 is 5.97 Å². The molecule has 4 nitrogen and oxygen atoms in total. The fourth-order valence-corrected chi connectivity index (χ4v) is 1.40. The molecule has 0 spiro atoms. The van der Waals surface area contributed by atoms with E-state index in [4.69, 9.17) is 4.74 Å². The number of nitrogens with zero attached hydrogens (tertiary/aromatic N) is 1. The van der Waals surface area contributed by atoms with Gasteiger partial charge in [0, 0.05) is 6.20 Å². The molecular weight excluding hydrogens is 194 g/mol. The number of methoxy groups -OCH3 is 1. The minimum atomic E-state index is -0.418. The quantitative estimate of drug-likeness (QED) is 0.682. The molecule has 0 radical (unpaired) electrons. The molecule has 0 fully saturated rings. The van der Waals surface area contributed by atoms with Crippen molar-refractivity contribution in [1.82, 2.24) is 4.98 Å². The molecule has 0 saturated carbocycles. The molecular formula is C11H11NO3. The summed E-state index contributed by atoms with van der Waals surface area (Å²) in [5.41, 5.74) is 2.42. The maximum Gasteiger partial charge on any atom is 0.356 e. The average Bonchev–Trinajstić information content (AvgIpc) is 2.82. The van der Waals surface area contributed by atoms with Gasteiger partial charge in [0.1, 0.15) is 5.69 Å². The SMILES string of the molecule is COC(=O)c1ccc(C2=CCOC2)cn1. The van der Waals surface area contributed by atoms with Crippen molar-refractivity contribution in [2.24, 2.45) is 0 Å². The Morgan fingerprint density at radius 2 is 2.40 bits per heavy atom. The minimum absolute atomic E-state index is 0.320. The third-order valence-electron chi connectivity index (χ3n) is 2.23. The first-order valence-corrected chi connectivity index (χ1v) is 4.63. The van der Waals surface area contributed by atoms with Crippen molar-refractivity contribution >= 4 is 11.5 Å². The van der Waals surface area contributed by atoms with Crippen LogP contribution in [0.5, 0.6) is 0 Å². The highest BCUT2D eigenvalue weighted by Gasteiger charge is 2.10. The molecule has 2 rings (SSSR count). The molecule has 1 aliphatic rings. The van der Waals surface area contributed by atoms with Crippen molar-refractivity contribution < 1.29 is 14.3 Å². The molecule has 1 aromatic heterocycles. The van der Waals surface area contributed by atoms with Crippen LogP contribution < -0.4 is 0 Å². The van der Waals surface area contributed by atoms with Crippen LogP contribution in [0.25, 0.3) is 5.57 Å². The number of pyridine rings is 1. The molecule has 1 aliphatic heterocycles. The Morgan fingerprint density at radius 1 is 1.53 bits per heavy atom. The zero-order chi connectivity index (χ0) is 10.7. The third kappa shape index (κ3) is 2.05. The Labute approximate surface area is 87.5 Å². The van der Waals surface area contributed by atoms with Gasteiger partial charge in [-0.2, -0.15) is 0 Å². The highest BCUT2D eigenvalue weighted by Crippen LogP contribution is 2.18. The van der Waals surface area contributed by atoms with Crippen molar-refractivity contribution in [2.75, 3.05) is 20.3 Å². The van der Waals surface area contributed by atoms with Gasteiger partial charge in [-0.15, -0.1) is 0 Å². The summed E-state index contributed by atoms with van der Waals surface area (Å²) in [6.07, 6.45) is 3.67. The molecule has 78 valence electrons. The van der Waals surface area contributed by atoms with E-state index >= 15 is 0 Å². The Bertz CT molecular complexity index is 395. The standard InChI is InChI=1S/C11H11NO3/c1-14-11(13)10-3-2-8(6-12-10)9-4-5-15-7-9/h2-4,6H,5,7H2,1H3. The van der Waals surface area contributed by atoms with Crippen LogP contribution in [0.1, 0.15) is 16.1 Å². The minimum Gasteiger partial charge on any atom is -0.464 e. The molecule has 0 N–H and O–H groups in total. The zero-order valence-electron chi connectivity index (χ0n) is 8.40. The summed E-state index contributed by atoms with van der Waals surface area (Å²) >= 11 is 0. The number of aromatic nitrogens is 1. The molecule has 2 heterocycles. The number of hydrogen-bond donors (Lipinski definition) is 0. The Hall–Kier alpha value is -1.68. The lowest BCUT2D eigenvalue weighted by molar-refractivity contribution is 0.0594. The van der Waals surface area contributed by atoms with Crippen molar-refractivity contribution in [1.29, 1.82) is 0 Å². The highest BCUT2D eigenvalue weighted by atomic mass is 16.5. The lowest BCUT2D eigenvalue weighted by Gasteiger charge is -2.02. The Balaban J connectivity index is 2.20. The Kier molecular flexibility index (Phi) is 2.78. The van der Waals surface area contributed by atoms with Crippen LogP contribution in [0, 0.1) is 0 Å². The van der Waals surface area contributed by atoms with Gasteiger partial charge in [0.25, 0.3) is 0 Å². The van der Waals surface area contributed by atoms with Gasteiger partial charge in [0.2, 0.25) is 0 Å². The molecule has 0 unspecified atom stereocenters. The summed E-state index contributed by atoms with van der Waals surface area (Å²) in [5.74, 6) is -0.418. The summed E-state index contributed by atoms with van der Waals surface area (Å²) in [6, 6.07) is 3.50. The Morgan fingerprint density at radius 3 is 2.93 bits per heavy atom. The van der Waals surface area contributed by atoms with Crippen LogP contribution in [-0.2, 0) is 9.47 Å². The first-order valence-electron chi connectivity index (χ1n) is 4.63. The first kappa shape index (κ1) is 9.86. The molecule has 1 aromatic rings. The predicted octanol–water partition coefficient (Wildman–Crippen LogP) is 1.28. The average molecular weight is 205 g/mol. The van der Waals surface area contributed by atoms with Gasteiger partial charge in [-0.1, -0.05) is 12.1 Å². The maximum absolute atomic E-state index is 11.1. The summed E-state index contributed by atoms with van der Waals surface area (Å²) in [4.78, 5) is 15.1. The van der Waals surface area contributed by atoms with E-state index in [2.05, 4.69) is 9.72 Å². The lowest BCUT2D eigenvalue weighted by Crippen LogP contribution is -2.04. The van der Waals surface area contributed by atoms with E-state index in [0.717, 1.165) is 11.1 Å². The van der Waals surface area contributed by atoms with E-state index in [0.29, 0.717) is 18.9 Å². The second kappa shape index (κ2) is 4.23. The fraction of sp³-hybridized carbons (Fsp3) is 0.273. The summed E-state index contributed by atoms with van der Waals surface area (Å²) in [7, 11) is 1.34. The van der Waals surface area contributed by atoms with Gasteiger partial charge < -0.3 is 9.47 Å². The fourth-order valence-electron chi connectivity index (χ4n) is 1.40. The summed E-state index contributed by atoms with van der Waals surface area (Å²) in [5, 5.41) is 0. The number of ether oxygens (including phenoxy) is 2. The van der Waals surface area contributed by atoms with E-state index < -0.39 is 5.97 Å². The van der Waals surface area contributed by atoms with Crippen LogP contribution in [0.4, 0.5) is 0 Å². The van der Waals surface area contributed by atoms with Gasteiger partial charge in [-0.3, -0.25) is 0 Å². The van der Waals surface area contributed by atoms with Gasteiger partial charge in [0.15, 0.2) is 0 Å². The van der Waals surface area contributed by atoms with Crippen molar-refractivity contribution in [2.45, 2.75) is 0 Å². The van der Waals surface area contributed by atoms with E-state index in [1.807, 2.05) is 12.1 Å². The number of carbonyl (C=O) groups excluding carboxylic acids is 1. The molecule has 0 atom stereocenters. The second-order valence-electron chi connectivity index (χ2n) is 3.17. The van der Waals surface area contributed by atoms with Crippen LogP contribution in [0.3, 0.4) is 0 Å². The second-order valence-corrected chi connectivity index (χ2v) is 3.17. The van der Waals surface area contributed by atoms with Crippen molar-refractivity contribution in [3.63, 3.8) is 0 Å². The molecule has 0 aromatic carbocycles. The van der Waals surface area contributed by atoms with E-state index in [9.17, 15) is 4.79 Å². The zero-order valence-corrected chi connectivity index (χ0v) is 8.40. The smallest absolute Gasteiger partial charge is 0.356 e. The van der Waals surface area contributed by atoms with Crippen LogP contribution >= 0.6 is 0 Å².